The molecule has 1 fully saturated rings. The molecule has 0 radical (unpaired) electrons. The molecule has 1 rings (SSSR count). The average molecular weight is 370 g/mol. The average Bonchev–Trinajstić information content (AvgIpc) is 2.56. The lowest BCUT2D eigenvalue weighted by Gasteiger charge is -2.34. The van der Waals surface area contributed by atoms with Crippen LogP contribution in [-0.2, 0) is 19.1 Å². The summed E-state index contributed by atoms with van der Waals surface area (Å²) in [5.74, 6) is 0.438. The van der Waals surface area contributed by atoms with Gasteiger partial charge in [0.1, 0.15) is 0 Å². The number of carbonyl (C=O) groups is 2. The fourth-order valence-electron chi connectivity index (χ4n) is 3.50. The van der Waals surface area contributed by atoms with Gasteiger partial charge < -0.3 is 9.47 Å². The molecular weight excluding hydrogens is 335 g/mol. The molecule has 2 unspecified atom stereocenters. The zero-order valence-corrected chi connectivity index (χ0v) is 17.5. The number of ether oxygens (including phenoxy) is 2. The molecule has 2 atom stereocenters. The van der Waals surface area contributed by atoms with Gasteiger partial charge in [0.05, 0.1) is 18.4 Å². The predicted octanol–water partition coefficient (Wildman–Crippen LogP) is 4.57. The van der Waals surface area contributed by atoms with E-state index in [4.69, 9.17) is 9.47 Å². The zero-order chi connectivity index (χ0) is 19.1. The maximum atomic E-state index is 12.6. The SMILES string of the molecule is C=CC(=O)OCC1CCC(COC(=O)C(C)(CC(C)(C)C)PC)CC1. The molecule has 0 amide bonds. The van der Waals surface area contributed by atoms with Crippen LogP contribution in [0.1, 0.15) is 59.8 Å². The first-order chi connectivity index (χ1) is 11.6. The van der Waals surface area contributed by atoms with E-state index in [1.54, 1.807) is 0 Å². The second kappa shape index (κ2) is 9.71. The fraction of sp³-hybridized carbons (Fsp3) is 0.800. The van der Waals surface area contributed by atoms with Crippen molar-refractivity contribution in [3.8, 4) is 0 Å². The minimum Gasteiger partial charge on any atom is -0.465 e. The highest BCUT2D eigenvalue weighted by molar-refractivity contribution is 7.40. The van der Waals surface area contributed by atoms with E-state index in [2.05, 4.69) is 34.0 Å². The first-order valence-electron chi connectivity index (χ1n) is 9.25. The van der Waals surface area contributed by atoms with E-state index < -0.39 is 0 Å². The van der Waals surface area contributed by atoms with E-state index in [-0.39, 0.29) is 22.5 Å². The van der Waals surface area contributed by atoms with Crippen molar-refractivity contribution in [2.24, 2.45) is 17.3 Å². The predicted molar refractivity (Wildman–Crippen MR) is 104 cm³/mol. The van der Waals surface area contributed by atoms with Gasteiger partial charge in [-0.3, -0.25) is 4.79 Å². The summed E-state index contributed by atoms with van der Waals surface area (Å²) in [5, 5.41) is -0.381. The highest BCUT2D eigenvalue weighted by Gasteiger charge is 2.37. The van der Waals surface area contributed by atoms with E-state index in [1.165, 1.54) is 6.08 Å². The van der Waals surface area contributed by atoms with Crippen molar-refractivity contribution >= 4 is 20.5 Å². The summed E-state index contributed by atoms with van der Waals surface area (Å²) in [6.07, 6.45) is 6.12. The Bertz CT molecular complexity index is 461. The molecule has 0 N–H and O–H groups in total. The molecule has 1 saturated carbocycles. The third kappa shape index (κ3) is 7.90. The lowest BCUT2D eigenvalue weighted by Crippen LogP contribution is -2.37. The summed E-state index contributed by atoms with van der Waals surface area (Å²) in [6, 6.07) is 0. The molecule has 1 aliphatic rings. The van der Waals surface area contributed by atoms with Crippen LogP contribution in [-0.4, -0.2) is 37.0 Å². The van der Waals surface area contributed by atoms with Crippen molar-refractivity contribution in [1.29, 1.82) is 0 Å². The molecule has 25 heavy (non-hydrogen) atoms. The summed E-state index contributed by atoms with van der Waals surface area (Å²) < 4.78 is 10.8. The van der Waals surface area contributed by atoms with Crippen molar-refractivity contribution in [1.82, 2.24) is 0 Å². The molecule has 0 bridgehead atoms. The van der Waals surface area contributed by atoms with E-state index in [9.17, 15) is 9.59 Å². The first kappa shape index (κ1) is 22.2. The lowest BCUT2D eigenvalue weighted by atomic mass is 9.82. The van der Waals surface area contributed by atoms with Crippen LogP contribution in [0.15, 0.2) is 12.7 Å². The molecule has 0 heterocycles. The number of rotatable bonds is 8. The number of hydrogen-bond acceptors (Lipinski definition) is 4. The van der Waals surface area contributed by atoms with Crippen LogP contribution in [0.2, 0.25) is 0 Å². The first-order valence-corrected chi connectivity index (χ1v) is 10.7. The van der Waals surface area contributed by atoms with Gasteiger partial charge in [-0.2, -0.15) is 0 Å². The molecule has 0 saturated heterocycles. The van der Waals surface area contributed by atoms with Crippen LogP contribution in [0.25, 0.3) is 0 Å². The van der Waals surface area contributed by atoms with Crippen LogP contribution in [0.4, 0.5) is 0 Å². The van der Waals surface area contributed by atoms with Crippen LogP contribution < -0.4 is 0 Å². The van der Waals surface area contributed by atoms with E-state index in [1.807, 2.05) is 6.92 Å². The maximum absolute atomic E-state index is 12.6. The van der Waals surface area contributed by atoms with Crippen LogP contribution in [0, 0.1) is 17.3 Å². The number of esters is 2. The highest BCUT2D eigenvalue weighted by atomic mass is 31.1. The molecule has 4 nitrogen and oxygen atoms in total. The molecule has 5 heteroatoms. The Morgan fingerprint density at radius 1 is 1.04 bits per heavy atom. The van der Waals surface area contributed by atoms with Gasteiger partial charge in [0.25, 0.3) is 0 Å². The van der Waals surface area contributed by atoms with Gasteiger partial charge in [0, 0.05) is 6.08 Å². The third-order valence-corrected chi connectivity index (χ3v) is 6.42. The van der Waals surface area contributed by atoms with Crippen LogP contribution in [0.5, 0.6) is 0 Å². The normalized spacial score (nSPS) is 23.9. The van der Waals surface area contributed by atoms with Crippen molar-refractivity contribution in [2.45, 2.75) is 65.0 Å². The topological polar surface area (TPSA) is 52.6 Å². The Balaban J connectivity index is 2.38. The standard InChI is InChI=1S/C20H35O4P/c1-7-17(21)23-12-15-8-10-16(11-9-15)13-24-18(22)20(5,25-6)14-19(2,3)4/h7,15-16,25H,1,8-14H2,2-6H3. The van der Waals surface area contributed by atoms with Crippen LogP contribution in [0.3, 0.4) is 0 Å². The number of hydrogen-bond donors (Lipinski definition) is 0. The Labute approximate surface area is 154 Å². The summed E-state index contributed by atoms with van der Waals surface area (Å²) in [5.41, 5.74) is 0.109. The molecule has 0 aromatic carbocycles. The Morgan fingerprint density at radius 3 is 1.92 bits per heavy atom. The summed E-state index contributed by atoms with van der Waals surface area (Å²) in [6.45, 7) is 15.0. The largest absolute Gasteiger partial charge is 0.465 e. The Hall–Kier alpha value is -0.890. The van der Waals surface area contributed by atoms with Gasteiger partial charge in [-0.05, 0) is 62.9 Å². The Kier molecular flexibility index (Phi) is 8.60. The second-order valence-electron chi connectivity index (χ2n) is 8.64. The molecule has 0 spiro atoms. The third-order valence-electron chi connectivity index (χ3n) is 4.93. The van der Waals surface area contributed by atoms with Crippen molar-refractivity contribution in [2.75, 3.05) is 19.9 Å². The van der Waals surface area contributed by atoms with Gasteiger partial charge in [-0.1, -0.05) is 27.4 Å². The lowest BCUT2D eigenvalue weighted by molar-refractivity contribution is -0.149. The zero-order valence-electron chi connectivity index (χ0n) is 16.5. The molecule has 0 aliphatic heterocycles. The molecule has 1 aliphatic carbocycles. The minimum absolute atomic E-state index is 0.0507. The van der Waals surface area contributed by atoms with E-state index in [0.29, 0.717) is 33.6 Å². The van der Waals surface area contributed by atoms with Crippen molar-refractivity contribution in [3.63, 3.8) is 0 Å². The molecule has 0 aromatic rings. The van der Waals surface area contributed by atoms with E-state index in [0.717, 1.165) is 32.1 Å². The highest BCUT2D eigenvalue weighted by Crippen LogP contribution is 2.40. The van der Waals surface area contributed by atoms with Gasteiger partial charge in [0.15, 0.2) is 0 Å². The van der Waals surface area contributed by atoms with Gasteiger partial charge in [-0.25, -0.2) is 4.79 Å². The summed E-state index contributed by atoms with van der Waals surface area (Å²) in [4.78, 5) is 23.7. The molecule has 144 valence electrons. The van der Waals surface area contributed by atoms with Crippen LogP contribution >= 0.6 is 8.58 Å². The molecular formula is C20H35O4P. The van der Waals surface area contributed by atoms with Gasteiger partial charge in [-0.15, -0.1) is 8.58 Å². The molecule has 0 aromatic heterocycles. The maximum Gasteiger partial charge on any atom is 0.330 e. The second-order valence-corrected chi connectivity index (χ2v) is 10.2. The van der Waals surface area contributed by atoms with E-state index >= 15 is 0 Å². The quantitative estimate of drug-likeness (QED) is 0.357. The minimum atomic E-state index is -0.381. The Morgan fingerprint density at radius 2 is 1.52 bits per heavy atom. The van der Waals surface area contributed by atoms with Gasteiger partial charge in [0.2, 0.25) is 0 Å². The van der Waals surface area contributed by atoms with Crippen molar-refractivity contribution in [3.05, 3.63) is 12.7 Å². The number of carbonyl (C=O) groups excluding carboxylic acids is 2. The monoisotopic (exact) mass is 370 g/mol. The van der Waals surface area contributed by atoms with Crippen molar-refractivity contribution < 1.29 is 19.1 Å². The smallest absolute Gasteiger partial charge is 0.330 e. The van der Waals surface area contributed by atoms with Gasteiger partial charge >= 0.3 is 11.9 Å². The summed E-state index contributed by atoms with van der Waals surface area (Å²) >= 11 is 0. The summed E-state index contributed by atoms with van der Waals surface area (Å²) in [7, 11) is 0.537. The fourth-order valence-corrected chi connectivity index (χ4v) is 4.48.